The number of piperazine rings is 1. The smallest absolute Gasteiger partial charge is 0.246 e. The van der Waals surface area contributed by atoms with E-state index in [1.54, 1.807) is 4.31 Å². The number of sulfonamides is 1. The minimum atomic E-state index is -3.59. The fourth-order valence-corrected chi connectivity index (χ4v) is 5.90. The van der Waals surface area contributed by atoms with Crippen LogP contribution >= 0.6 is 0 Å². The van der Waals surface area contributed by atoms with E-state index in [1.807, 2.05) is 12.1 Å². The Balaban J connectivity index is 2.20. The molecule has 0 spiro atoms. The van der Waals surface area contributed by atoms with Crippen molar-refractivity contribution in [3.63, 3.8) is 0 Å². The minimum Gasteiger partial charge on any atom is -0.492 e. The summed E-state index contributed by atoms with van der Waals surface area (Å²) < 4.78 is 34.8. The van der Waals surface area contributed by atoms with Crippen LogP contribution < -0.4 is 10.1 Å². The Morgan fingerprint density at radius 3 is 2.25 bits per heavy atom. The summed E-state index contributed by atoms with van der Waals surface area (Å²) in [5, 5.41) is 3.24. The highest BCUT2D eigenvalue weighted by Gasteiger charge is 2.31. The lowest BCUT2D eigenvalue weighted by molar-refractivity contribution is 0.294. The average Bonchev–Trinajstić information content (AvgIpc) is 2.79. The number of rotatable bonds is 15. The largest absolute Gasteiger partial charge is 0.492 e. The van der Waals surface area contributed by atoms with Crippen LogP contribution in [0.5, 0.6) is 5.75 Å². The molecule has 0 amide bonds. The van der Waals surface area contributed by atoms with Crippen molar-refractivity contribution >= 4 is 10.0 Å². The van der Waals surface area contributed by atoms with E-state index < -0.39 is 10.0 Å². The Labute approximate surface area is 197 Å². The monoisotopic (exact) mass is 466 g/mol. The number of nitrogens with zero attached hydrogens (tertiary/aromatic N) is 1. The Hall–Kier alpha value is -1.11. The highest BCUT2D eigenvalue weighted by atomic mass is 32.2. The first kappa shape index (κ1) is 27.1. The molecular weight excluding hydrogens is 420 g/mol. The summed E-state index contributed by atoms with van der Waals surface area (Å²) in [5.74, 6) is 0.505. The summed E-state index contributed by atoms with van der Waals surface area (Å²) in [6, 6.07) is 5.85. The zero-order valence-electron chi connectivity index (χ0n) is 20.9. The summed E-state index contributed by atoms with van der Waals surface area (Å²) in [4.78, 5) is 0.339. The topological polar surface area (TPSA) is 58.6 Å². The SMILES string of the molecule is CCCCCCCCOc1ccc(C(C)(C)CCCCC)cc1S(=O)(=O)N1CCNCC1. The van der Waals surface area contributed by atoms with Crippen molar-refractivity contribution in [3.8, 4) is 5.75 Å². The average molecular weight is 467 g/mol. The van der Waals surface area contributed by atoms with Gasteiger partial charge in [0.15, 0.2) is 0 Å². The van der Waals surface area contributed by atoms with Crippen molar-refractivity contribution in [2.75, 3.05) is 32.8 Å². The van der Waals surface area contributed by atoms with Gasteiger partial charge in [0.25, 0.3) is 0 Å². The molecule has 32 heavy (non-hydrogen) atoms. The first-order chi connectivity index (χ1) is 15.3. The van der Waals surface area contributed by atoms with Crippen LogP contribution in [0.3, 0.4) is 0 Å². The van der Waals surface area contributed by atoms with Crippen LogP contribution in [0.2, 0.25) is 0 Å². The van der Waals surface area contributed by atoms with Gasteiger partial charge in [0.1, 0.15) is 10.6 Å². The van der Waals surface area contributed by atoms with Crippen molar-refractivity contribution in [3.05, 3.63) is 23.8 Å². The Kier molecular flexibility index (Phi) is 11.5. The van der Waals surface area contributed by atoms with E-state index in [2.05, 4.69) is 39.1 Å². The normalized spacial score (nSPS) is 15.8. The summed E-state index contributed by atoms with van der Waals surface area (Å²) in [5.41, 5.74) is 1.01. The van der Waals surface area contributed by atoms with Crippen molar-refractivity contribution in [2.24, 2.45) is 0 Å². The maximum atomic E-state index is 13.6. The number of unbranched alkanes of at least 4 members (excludes halogenated alkanes) is 7. The number of hydrogen-bond acceptors (Lipinski definition) is 4. The van der Waals surface area contributed by atoms with Crippen molar-refractivity contribution < 1.29 is 13.2 Å². The van der Waals surface area contributed by atoms with E-state index in [1.165, 1.54) is 38.5 Å². The second kappa shape index (κ2) is 13.6. The lowest BCUT2D eigenvalue weighted by Gasteiger charge is -2.30. The standard InChI is InChI=1S/C26H46N2O3S/c1-5-7-9-10-11-13-21-31-24-15-14-23(26(3,4)16-12-8-6-2)22-25(24)32(29,30)28-19-17-27-18-20-28/h14-15,22,27H,5-13,16-21H2,1-4H3. The Morgan fingerprint density at radius 1 is 0.938 bits per heavy atom. The molecular formula is C26H46N2O3S. The van der Waals surface area contributed by atoms with Gasteiger partial charge >= 0.3 is 0 Å². The maximum absolute atomic E-state index is 13.6. The first-order valence-corrected chi connectivity index (χ1v) is 14.2. The fourth-order valence-electron chi connectivity index (χ4n) is 4.30. The molecule has 1 aromatic carbocycles. The Morgan fingerprint density at radius 2 is 1.56 bits per heavy atom. The molecule has 1 heterocycles. The molecule has 1 aromatic rings. The number of nitrogens with one attached hydrogen (secondary N) is 1. The maximum Gasteiger partial charge on any atom is 0.246 e. The molecule has 0 aliphatic carbocycles. The molecule has 0 atom stereocenters. The van der Waals surface area contributed by atoms with Crippen LogP contribution in [0.25, 0.3) is 0 Å². The third-order valence-corrected chi connectivity index (χ3v) is 8.50. The zero-order valence-corrected chi connectivity index (χ0v) is 21.7. The van der Waals surface area contributed by atoms with Gasteiger partial charge in [-0.05, 0) is 36.0 Å². The van der Waals surface area contributed by atoms with E-state index in [0.717, 1.165) is 31.2 Å². The van der Waals surface area contributed by atoms with Crippen LogP contribution in [-0.2, 0) is 15.4 Å². The van der Waals surface area contributed by atoms with Gasteiger partial charge in [0.05, 0.1) is 6.61 Å². The Bertz CT molecular complexity index is 771. The van der Waals surface area contributed by atoms with Crippen LogP contribution in [0.4, 0.5) is 0 Å². The first-order valence-electron chi connectivity index (χ1n) is 12.8. The third kappa shape index (κ3) is 8.03. The second-order valence-corrected chi connectivity index (χ2v) is 11.7. The van der Waals surface area contributed by atoms with Gasteiger partial charge in [-0.15, -0.1) is 0 Å². The van der Waals surface area contributed by atoms with Gasteiger partial charge in [0, 0.05) is 26.2 Å². The molecule has 2 rings (SSSR count). The van der Waals surface area contributed by atoms with Gasteiger partial charge in [-0.3, -0.25) is 0 Å². The summed E-state index contributed by atoms with van der Waals surface area (Å²) in [6.45, 7) is 11.8. The predicted octanol–water partition coefficient (Wildman–Crippen LogP) is 5.88. The lowest BCUT2D eigenvalue weighted by atomic mass is 9.80. The fraction of sp³-hybridized carbons (Fsp3) is 0.769. The van der Waals surface area contributed by atoms with E-state index in [0.29, 0.717) is 43.4 Å². The summed E-state index contributed by atoms with van der Waals surface area (Å²) >= 11 is 0. The molecule has 1 saturated heterocycles. The van der Waals surface area contributed by atoms with Gasteiger partial charge < -0.3 is 10.1 Å². The third-order valence-electron chi connectivity index (χ3n) is 6.58. The molecule has 5 nitrogen and oxygen atoms in total. The van der Waals surface area contributed by atoms with Gasteiger partial charge in [0.2, 0.25) is 10.0 Å². The summed E-state index contributed by atoms with van der Waals surface area (Å²) in [7, 11) is -3.59. The molecule has 1 N–H and O–H groups in total. The van der Waals surface area contributed by atoms with E-state index in [4.69, 9.17) is 4.74 Å². The number of ether oxygens (including phenoxy) is 1. The quantitative estimate of drug-likeness (QED) is 0.328. The number of benzene rings is 1. The zero-order chi connectivity index (χ0) is 23.5. The van der Waals surface area contributed by atoms with Crippen molar-refractivity contribution in [2.45, 2.75) is 102 Å². The molecule has 0 radical (unpaired) electrons. The van der Waals surface area contributed by atoms with Gasteiger partial charge in [-0.1, -0.05) is 85.1 Å². The van der Waals surface area contributed by atoms with Gasteiger partial charge in [-0.2, -0.15) is 4.31 Å². The van der Waals surface area contributed by atoms with Gasteiger partial charge in [-0.25, -0.2) is 8.42 Å². The van der Waals surface area contributed by atoms with E-state index >= 15 is 0 Å². The molecule has 0 saturated carbocycles. The lowest BCUT2D eigenvalue weighted by Crippen LogP contribution is -2.46. The van der Waals surface area contributed by atoms with Crippen LogP contribution in [-0.4, -0.2) is 45.5 Å². The molecule has 1 fully saturated rings. The molecule has 6 heteroatoms. The summed E-state index contributed by atoms with van der Waals surface area (Å²) in [6.07, 6.45) is 11.7. The molecule has 0 aromatic heterocycles. The second-order valence-electron chi connectivity index (χ2n) is 9.77. The molecule has 1 aliphatic rings. The van der Waals surface area contributed by atoms with Crippen LogP contribution in [0, 0.1) is 0 Å². The van der Waals surface area contributed by atoms with Crippen molar-refractivity contribution in [1.29, 1.82) is 0 Å². The molecule has 1 aliphatic heterocycles. The molecule has 0 bridgehead atoms. The van der Waals surface area contributed by atoms with Crippen LogP contribution in [0.15, 0.2) is 23.1 Å². The van der Waals surface area contributed by atoms with E-state index in [-0.39, 0.29) is 5.41 Å². The molecule has 184 valence electrons. The molecule has 0 unspecified atom stereocenters. The minimum absolute atomic E-state index is 0.0687. The predicted molar refractivity (Wildman–Crippen MR) is 134 cm³/mol. The van der Waals surface area contributed by atoms with Crippen LogP contribution in [0.1, 0.15) is 97.5 Å². The number of hydrogen-bond donors (Lipinski definition) is 1. The van der Waals surface area contributed by atoms with E-state index in [9.17, 15) is 8.42 Å². The van der Waals surface area contributed by atoms with Crippen molar-refractivity contribution in [1.82, 2.24) is 9.62 Å². The highest BCUT2D eigenvalue weighted by molar-refractivity contribution is 7.89. The highest BCUT2D eigenvalue weighted by Crippen LogP contribution is 2.35.